The van der Waals surface area contributed by atoms with Gasteiger partial charge < -0.3 is 20.1 Å². The van der Waals surface area contributed by atoms with Crippen LogP contribution in [0, 0.1) is 0 Å². The third kappa shape index (κ3) is 57.6. The van der Waals surface area contributed by atoms with E-state index in [0.29, 0.717) is 6.42 Å². The lowest BCUT2D eigenvalue weighted by Gasteiger charge is -2.19. The zero-order chi connectivity index (χ0) is 51.7. The fourth-order valence-corrected chi connectivity index (χ4v) is 10.0. The Balaban J connectivity index is 3.69. The van der Waals surface area contributed by atoms with Crippen molar-refractivity contribution in [3.63, 3.8) is 0 Å². The van der Waals surface area contributed by atoms with Gasteiger partial charge in [0.15, 0.2) is 6.10 Å². The van der Waals surface area contributed by atoms with Gasteiger partial charge >= 0.3 is 19.8 Å². The number of esters is 2. The maximum absolute atomic E-state index is 12.7. The first-order chi connectivity index (χ1) is 34.8. The average molecular weight is 1020 g/mol. The standard InChI is InChI=1S/C61H118NO8P/c1-3-5-7-9-11-13-15-16-17-18-19-20-21-22-23-24-25-26-27-28-29-30-31-32-33-34-35-36-37-38-39-40-41-42-44-46-48-50-52-54-61(64)70-59(58-69-71(65,66)68-56-55-62)57-67-60(63)53-51-49-47-45-43-14-12-10-8-6-4-2/h15-16,18-19,59H,3-14,17,20-58,62H2,1-2H3,(H,65,66)/b16-15-,19-18-. The molecule has 2 atom stereocenters. The fourth-order valence-electron chi connectivity index (χ4n) is 9.26. The van der Waals surface area contributed by atoms with Crippen LogP contribution in [-0.4, -0.2) is 49.3 Å². The van der Waals surface area contributed by atoms with Crippen molar-refractivity contribution < 1.29 is 37.6 Å². The normalized spacial score (nSPS) is 13.1. The van der Waals surface area contributed by atoms with E-state index in [0.717, 1.165) is 38.5 Å². The van der Waals surface area contributed by atoms with Gasteiger partial charge in [-0.05, 0) is 44.9 Å². The van der Waals surface area contributed by atoms with Gasteiger partial charge in [-0.1, -0.05) is 289 Å². The van der Waals surface area contributed by atoms with E-state index in [1.54, 1.807) is 0 Å². The number of hydrogen-bond donors (Lipinski definition) is 2. The lowest BCUT2D eigenvalue weighted by Crippen LogP contribution is -2.29. The van der Waals surface area contributed by atoms with Crippen LogP contribution in [0.2, 0.25) is 0 Å². The monoisotopic (exact) mass is 1020 g/mol. The first kappa shape index (κ1) is 69.5. The lowest BCUT2D eigenvalue weighted by atomic mass is 10.0. The number of phosphoric ester groups is 1. The van der Waals surface area contributed by atoms with Crippen molar-refractivity contribution in [2.45, 2.75) is 328 Å². The van der Waals surface area contributed by atoms with E-state index in [-0.39, 0.29) is 38.6 Å². The molecular weight excluding hydrogens is 906 g/mol. The number of nitrogens with two attached hydrogens (primary N) is 1. The minimum absolute atomic E-state index is 0.0571. The molecule has 0 aromatic carbocycles. The lowest BCUT2D eigenvalue weighted by molar-refractivity contribution is -0.161. The van der Waals surface area contributed by atoms with Gasteiger partial charge in [-0.3, -0.25) is 18.6 Å². The van der Waals surface area contributed by atoms with Crippen molar-refractivity contribution in [2.75, 3.05) is 26.4 Å². The van der Waals surface area contributed by atoms with Gasteiger partial charge in [0.05, 0.1) is 13.2 Å². The maximum atomic E-state index is 12.7. The SMILES string of the molecule is CCCCCCC/C=C\C/C=C\CCCCCCCCCCCCCCCCCCCCCCCCCCCCCC(=O)OC(COC(=O)CCCCCCCCCCCCC)COP(=O)(O)OCCN. The molecule has 0 aliphatic carbocycles. The number of rotatable bonds is 59. The van der Waals surface area contributed by atoms with Crippen LogP contribution >= 0.6 is 7.82 Å². The molecule has 0 heterocycles. The first-order valence-corrected chi connectivity index (χ1v) is 32.3. The molecule has 3 N–H and O–H groups in total. The van der Waals surface area contributed by atoms with Crippen molar-refractivity contribution in [1.29, 1.82) is 0 Å². The van der Waals surface area contributed by atoms with Crippen LogP contribution in [0.4, 0.5) is 0 Å². The van der Waals surface area contributed by atoms with Gasteiger partial charge in [-0.2, -0.15) is 0 Å². The third-order valence-electron chi connectivity index (χ3n) is 13.8. The summed E-state index contributed by atoms with van der Waals surface area (Å²) in [5, 5.41) is 0. The molecule has 0 spiro atoms. The van der Waals surface area contributed by atoms with E-state index in [2.05, 4.69) is 38.2 Å². The van der Waals surface area contributed by atoms with Crippen LogP contribution in [0.5, 0.6) is 0 Å². The van der Waals surface area contributed by atoms with E-state index in [4.69, 9.17) is 24.3 Å². The largest absolute Gasteiger partial charge is 0.472 e. The molecule has 0 aliphatic rings. The van der Waals surface area contributed by atoms with Crippen molar-refractivity contribution in [3.8, 4) is 0 Å². The Hall–Kier alpha value is -1.51. The Morgan fingerprint density at radius 3 is 1.07 bits per heavy atom. The van der Waals surface area contributed by atoms with Crippen molar-refractivity contribution in [1.82, 2.24) is 0 Å². The number of phosphoric acid groups is 1. The summed E-state index contributed by atoms with van der Waals surface area (Å²) in [4.78, 5) is 35.0. The quantitative estimate of drug-likeness (QED) is 0.0264. The van der Waals surface area contributed by atoms with Crippen molar-refractivity contribution in [3.05, 3.63) is 24.3 Å². The fraction of sp³-hybridized carbons (Fsp3) is 0.902. The molecule has 0 fully saturated rings. The molecule has 0 saturated carbocycles. The number of carbonyl (C=O) groups excluding carboxylic acids is 2. The number of hydrogen-bond acceptors (Lipinski definition) is 8. The number of allylic oxidation sites excluding steroid dienone is 4. The second-order valence-electron chi connectivity index (χ2n) is 20.9. The van der Waals surface area contributed by atoms with E-state index < -0.39 is 26.5 Å². The molecule has 0 bridgehead atoms. The Kier molecular flexibility index (Phi) is 56.5. The summed E-state index contributed by atoms with van der Waals surface area (Å²) in [6, 6.07) is 0. The number of unbranched alkanes of at least 4 members (excludes halogenated alkanes) is 42. The summed E-state index contributed by atoms with van der Waals surface area (Å²) in [5.74, 6) is -0.811. The van der Waals surface area contributed by atoms with Gasteiger partial charge in [-0.25, -0.2) is 4.57 Å². The number of ether oxygens (including phenoxy) is 2. The zero-order valence-electron chi connectivity index (χ0n) is 47.0. The van der Waals surface area contributed by atoms with Crippen LogP contribution in [0.25, 0.3) is 0 Å². The predicted octanol–water partition coefficient (Wildman–Crippen LogP) is 19.4. The molecule has 420 valence electrons. The van der Waals surface area contributed by atoms with Gasteiger partial charge in [0, 0.05) is 19.4 Å². The second kappa shape index (κ2) is 57.8. The summed E-state index contributed by atoms with van der Waals surface area (Å²) in [6.45, 7) is 3.77. The summed E-state index contributed by atoms with van der Waals surface area (Å²) >= 11 is 0. The highest BCUT2D eigenvalue weighted by Crippen LogP contribution is 2.43. The minimum atomic E-state index is -4.38. The molecule has 0 amide bonds. The van der Waals surface area contributed by atoms with Crippen molar-refractivity contribution >= 4 is 19.8 Å². The molecule has 10 heteroatoms. The smallest absolute Gasteiger partial charge is 0.462 e. The summed E-state index contributed by atoms with van der Waals surface area (Å²) in [7, 11) is -4.38. The van der Waals surface area contributed by atoms with Crippen LogP contribution in [0.3, 0.4) is 0 Å². The molecular formula is C61H118NO8P. The van der Waals surface area contributed by atoms with Crippen LogP contribution < -0.4 is 5.73 Å². The predicted molar refractivity (Wildman–Crippen MR) is 303 cm³/mol. The van der Waals surface area contributed by atoms with Crippen LogP contribution in [0.1, 0.15) is 322 Å². The Morgan fingerprint density at radius 1 is 0.423 bits per heavy atom. The first-order valence-electron chi connectivity index (χ1n) is 30.8. The summed E-state index contributed by atoms with van der Waals surface area (Å²) in [5.41, 5.74) is 5.37. The van der Waals surface area contributed by atoms with Crippen molar-refractivity contribution in [2.24, 2.45) is 5.73 Å². The van der Waals surface area contributed by atoms with Gasteiger partial charge in [0.2, 0.25) is 0 Å². The molecule has 2 unspecified atom stereocenters. The van der Waals surface area contributed by atoms with Gasteiger partial charge in [-0.15, -0.1) is 0 Å². The average Bonchev–Trinajstić information content (AvgIpc) is 3.36. The highest BCUT2D eigenvalue weighted by atomic mass is 31.2. The second-order valence-corrected chi connectivity index (χ2v) is 22.4. The molecule has 9 nitrogen and oxygen atoms in total. The van der Waals surface area contributed by atoms with E-state index in [1.165, 1.54) is 250 Å². The van der Waals surface area contributed by atoms with Crippen LogP contribution in [0.15, 0.2) is 24.3 Å². The Labute approximate surface area is 440 Å². The highest BCUT2D eigenvalue weighted by molar-refractivity contribution is 7.47. The zero-order valence-corrected chi connectivity index (χ0v) is 47.9. The molecule has 71 heavy (non-hydrogen) atoms. The Morgan fingerprint density at radius 2 is 0.732 bits per heavy atom. The van der Waals surface area contributed by atoms with E-state index in [1.807, 2.05) is 0 Å². The highest BCUT2D eigenvalue weighted by Gasteiger charge is 2.26. The van der Waals surface area contributed by atoms with Gasteiger partial charge in [0.25, 0.3) is 0 Å². The third-order valence-corrected chi connectivity index (χ3v) is 14.8. The summed E-state index contributed by atoms with van der Waals surface area (Å²) in [6.07, 6.45) is 68.6. The molecule has 0 saturated heterocycles. The molecule has 0 aromatic heterocycles. The molecule has 0 aromatic rings. The Bertz CT molecular complexity index is 1210. The molecule has 0 aliphatic heterocycles. The number of carbonyl (C=O) groups is 2. The molecule has 0 rings (SSSR count). The van der Waals surface area contributed by atoms with E-state index in [9.17, 15) is 19.0 Å². The van der Waals surface area contributed by atoms with Gasteiger partial charge in [0.1, 0.15) is 6.61 Å². The maximum Gasteiger partial charge on any atom is 0.472 e. The topological polar surface area (TPSA) is 134 Å². The van der Waals surface area contributed by atoms with E-state index >= 15 is 0 Å². The van der Waals surface area contributed by atoms with Crippen LogP contribution in [-0.2, 0) is 32.7 Å². The molecule has 0 radical (unpaired) electrons. The minimum Gasteiger partial charge on any atom is -0.462 e. The summed E-state index contributed by atoms with van der Waals surface area (Å²) < 4.78 is 32.9.